The number of hydrogen-bond donors (Lipinski definition) is 1. The summed E-state index contributed by atoms with van der Waals surface area (Å²) < 4.78 is 13.7. The molecule has 0 atom stereocenters. The fourth-order valence-electron chi connectivity index (χ4n) is 2.74. The van der Waals surface area contributed by atoms with Crippen LogP contribution in [0.1, 0.15) is 23.1 Å². The molecule has 0 bridgehead atoms. The molecule has 0 fully saturated rings. The van der Waals surface area contributed by atoms with Gasteiger partial charge in [0.2, 0.25) is 0 Å². The SMILES string of the molecule is Cc1ccc(Sc2ccc(F)cc2C2=CCNCC2)c(C)c1. The molecule has 114 valence electrons. The van der Waals surface area contributed by atoms with Crippen molar-refractivity contribution in [1.82, 2.24) is 5.32 Å². The van der Waals surface area contributed by atoms with E-state index in [1.165, 1.54) is 21.6 Å². The lowest BCUT2D eigenvalue weighted by atomic mass is 10.0. The smallest absolute Gasteiger partial charge is 0.123 e. The Bertz CT molecular complexity index is 721. The molecule has 1 aliphatic heterocycles. The van der Waals surface area contributed by atoms with E-state index in [-0.39, 0.29) is 5.82 Å². The summed E-state index contributed by atoms with van der Waals surface area (Å²) in [6.07, 6.45) is 3.12. The lowest BCUT2D eigenvalue weighted by Crippen LogP contribution is -2.20. The van der Waals surface area contributed by atoms with E-state index in [0.717, 1.165) is 30.0 Å². The minimum atomic E-state index is -0.167. The zero-order valence-electron chi connectivity index (χ0n) is 12.9. The standard InChI is InChI=1S/C19H20FNS/c1-13-3-5-18(14(2)11-13)22-19-6-4-16(20)12-17(19)15-7-9-21-10-8-15/h3-7,11-12,21H,8-10H2,1-2H3. The Morgan fingerprint density at radius 3 is 2.59 bits per heavy atom. The molecule has 2 aromatic carbocycles. The van der Waals surface area contributed by atoms with Crippen LogP contribution in [-0.2, 0) is 0 Å². The molecule has 0 spiro atoms. The lowest BCUT2D eigenvalue weighted by molar-refractivity contribution is 0.625. The summed E-state index contributed by atoms with van der Waals surface area (Å²) in [7, 11) is 0. The van der Waals surface area contributed by atoms with Gasteiger partial charge in [-0.2, -0.15) is 0 Å². The maximum absolute atomic E-state index is 13.7. The molecule has 0 saturated heterocycles. The van der Waals surface area contributed by atoms with Crippen LogP contribution in [0.25, 0.3) is 5.57 Å². The second-order valence-electron chi connectivity index (χ2n) is 5.69. The van der Waals surface area contributed by atoms with E-state index in [4.69, 9.17) is 0 Å². The number of halogens is 1. The van der Waals surface area contributed by atoms with E-state index in [0.29, 0.717) is 0 Å². The Balaban J connectivity index is 1.98. The monoisotopic (exact) mass is 313 g/mol. The van der Waals surface area contributed by atoms with E-state index in [9.17, 15) is 4.39 Å². The topological polar surface area (TPSA) is 12.0 Å². The predicted molar refractivity (Wildman–Crippen MR) is 91.9 cm³/mol. The molecule has 22 heavy (non-hydrogen) atoms. The van der Waals surface area contributed by atoms with Crippen molar-refractivity contribution in [2.75, 3.05) is 13.1 Å². The third kappa shape index (κ3) is 3.42. The van der Waals surface area contributed by atoms with Gasteiger partial charge in [0.05, 0.1) is 0 Å². The molecule has 0 unspecified atom stereocenters. The molecule has 0 amide bonds. The number of nitrogens with one attached hydrogen (secondary N) is 1. The maximum Gasteiger partial charge on any atom is 0.123 e. The second kappa shape index (κ2) is 6.67. The number of rotatable bonds is 3. The van der Waals surface area contributed by atoms with Gasteiger partial charge in [0.1, 0.15) is 5.82 Å². The first-order chi connectivity index (χ1) is 10.6. The highest BCUT2D eigenvalue weighted by Gasteiger charge is 2.13. The van der Waals surface area contributed by atoms with Crippen molar-refractivity contribution in [3.63, 3.8) is 0 Å². The van der Waals surface area contributed by atoms with Crippen molar-refractivity contribution >= 4 is 17.3 Å². The van der Waals surface area contributed by atoms with Crippen LogP contribution in [-0.4, -0.2) is 13.1 Å². The van der Waals surface area contributed by atoms with E-state index >= 15 is 0 Å². The zero-order chi connectivity index (χ0) is 15.5. The number of hydrogen-bond acceptors (Lipinski definition) is 2. The van der Waals surface area contributed by atoms with Crippen LogP contribution in [0.15, 0.2) is 52.3 Å². The highest BCUT2D eigenvalue weighted by molar-refractivity contribution is 7.99. The quantitative estimate of drug-likeness (QED) is 0.858. The van der Waals surface area contributed by atoms with Gasteiger partial charge < -0.3 is 5.32 Å². The third-order valence-corrected chi connectivity index (χ3v) is 5.16. The molecule has 1 N–H and O–H groups in total. The fourth-order valence-corrected chi connectivity index (χ4v) is 3.77. The largest absolute Gasteiger partial charge is 0.313 e. The summed E-state index contributed by atoms with van der Waals surface area (Å²) >= 11 is 1.72. The first-order valence-corrected chi connectivity index (χ1v) is 8.40. The average molecular weight is 313 g/mol. The van der Waals surface area contributed by atoms with Gasteiger partial charge in [-0.05, 0) is 67.8 Å². The average Bonchev–Trinajstić information content (AvgIpc) is 2.52. The normalized spacial score (nSPS) is 14.8. The second-order valence-corrected chi connectivity index (χ2v) is 6.78. The molecule has 1 nitrogen and oxygen atoms in total. The van der Waals surface area contributed by atoms with Crippen LogP contribution < -0.4 is 5.32 Å². The minimum absolute atomic E-state index is 0.167. The third-order valence-electron chi connectivity index (χ3n) is 3.90. The van der Waals surface area contributed by atoms with Crippen LogP contribution in [0.4, 0.5) is 4.39 Å². The Hall–Kier alpha value is -1.58. The van der Waals surface area contributed by atoms with Crippen LogP contribution >= 0.6 is 11.8 Å². The molecule has 3 rings (SSSR count). The van der Waals surface area contributed by atoms with Gasteiger partial charge in [0.25, 0.3) is 0 Å². The van der Waals surface area contributed by atoms with E-state index in [2.05, 4.69) is 43.4 Å². The Morgan fingerprint density at radius 1 is 1.05 bits per heavy atom. The summed E-state index contributed by atoms with van der Waals surface area (Å²) in [4.78, 5) is 2.36. The summed E-state index contributed by atoms with van der Waals surface area (Å²) in [6.45, 7) is 6.04. The molecular formula is C19H20FNS. The van der Waals surface area contributed by atoms with E-state index < -0.39 is 0 Å². The zero-order valence-corrected chi connectivity index (χ0v) is 13.8. The molecule has 0 aromatic heterocycles. The molecule has 2 aromatic rings. The van der Waals surface area contributed by atoms with Gasteiger partial charge >= 0.3 is 0 Å². The van der Waals surface area contributed by atoms with Gasteiger partial charge in [-0.15, -0.1) is 0 Å². The number of benzene rings is 2. The minimum Gasteiger partial charge on any atom is -0.313 e. The summed E-state index contributed by atoms with van der Waals surface area (Å²) in [5.41, 5.74) is 4.80. The molecule has 0 aliphatic carbocycles. The summed E-state index contributed by atoms with van der Waals surface area (Å²) in [5.74, 6) is -0.167. The van der Waals surface area contributed by atoms with Gasteiger partial charge in [-0.25, -0.2) is 4.39 Å². The van der Waals surface area contributed by atoms with Crippen LogP contribution in [0, 0.1) is 19.7 Å². The first kappa shape index (κ1) is 15.3. The molecule has 0 saturated carbocycles. The lowest BCUT2D eigenvalue weighted by Gasteiger charge is -2.18. The van der Waals surface area contributed by atoms with Crippen LogP contribution in [0.3, 0.4) is 0 Å². The Labute approximate surface area is 135 Å². The molecule has 1 heterocycles. The van der Waals surface area contributed by atoms with Crippen LogP contribution in [0.2, 0.25) is 0 Å². The van der Waals surface area contributed by atoms with Crippen molar-refractivity contribution in [1.29, 1.82) is 0 Å². The molecular weight excluding hydrogens is 293 g/mol. The van der Waals surface area contributed by atoms with Crippen molar-refractivity contribution in [2.45, 2.75) is 30.1 Å². The van der Waals surface area contributed by atoms with Gasteiger partial charge in [0.15, 0.2) is 0 Å². The summed E-state index contributed by atoms with van der Waals surface area (Å²) in [5, 5.41) is 3.31. The maximum atomic E-state index is 13.7. The van der Waals surface area contributed by atoms with E-state index in [1.54, 1.807) is 23.9 Å². The summed E-state index contributed by atoms with van der Waals surface area (Å²) in [6, 6.07) is 11.6. The first-order valence-electron chi connectivity index (χ1n) is 7.58. The molecule has 1 aliphatic rings. The molecule has 0 radical (unpaired) electrons. The fraction of sp³-hybridized carbons (Fsp3) is 0.263. The van der Waals surface area contributed by atoms with E-state index in [1.807, 2.05) is 6.07 Å². The van der Waals surface area contributed by atoms with Gasteiger partial charge in [0, 0.05) is 16.3 Å². The van der Waals surface area contributed by atoms with Crippen molar-refractivity contribution in [3.8, 4) is 0 Å². The molecule has 3 heteroatoms. The number of aryl methyl sites for hydroxylation is 2. The van der Waals surface area contributed by atoms with Gasteiger partial charge in [-0.1, -0.05) is 35.5 Å². The van der Waals surface area contributed by atoms with Crippen molar-refractivity contribution < 1.29 is 4.39 Å². The van der Waals surface area contributed by atoms with Gasteiger partial charge in [-0.3, -0.25) is 0 Å². The highest BCUT2D eigenvalue weighted by atomic mass is 32.2. The van der Waals surface area contributed by atoms with Crippen molar-refractivity contribution in [3.05, 3.63) is 65.0 Å². The Morgan fingerprint density at radius 2 is 1.86 bits per heavy atom. The van der Waals surface area contributed by atoms with Crippen molar-refractivity contribution in [2.24, 2.45) is 0 Å². The predicted octanol–water partition coefficient (Wildman–Crippen LogP) is 4.97. The van der Waals surface area contributed by atoms with Crippen LogP contribution in [0.5, 0.6) is 0 Å². The Kier molecular flexibility index (Phi) is 4.65. The highest BCUT2D eigenvalue weighted by Crippen LogP contribution is 2.37.